The fourth-order valence-electron chi connectivity index (χ4n) is 0.707. The molecule has 0 aromatic heterocycles. The lowest BCUT2D eigenvalue weighted by Crippen LogP contribution is -2.05. The lowest BCUT2D eigenvalue weighted by atomic mass is 10.1. The first-order chi connectivity index (χ1) is 4.16. The maximum absolute atomic E-state index is 9.00. The summed E-state index contributed by atoms with van der Waals surface area (Å²) in [5, 5.41) is 17.6. The second-order valence-electron chi connectivity index (χ2n) is 2.21. The molecule has 0 radical (unpaired) electrons. The highest BCUT2D eigenvalue weighted by Crippen LogP contribution is 2.04. The highest BCUT2D eigenvalue weighted by atomic mass is 16.3. The van der Waals surface area contributed by atoms with Crippen LogP contribution in [-0.4, -0.2) is 16.3 Å². The van der Waals surface area contributed by atoms with Crippen LogP contribution >= 0.6 is 0 Å². The van der Waals surface area contributed by atoms with Crippen molar-refractivity contribution in [2.24, 2.45) is 0 Å². The summed E-state index contributed by atoms with van der Waals surface area (Å²) in [6.07, 6.45) is 1.58. The molecule has 2 nitrogen and oxygen atoms in total. The van der Waals surface area contributed by atoms with Crippen LogP contribution in [0.15, 0.2) is 12.3 Å². The van der Waals surface area contributed by atoms with Crippen LogP contribution in [-0.2, 0) is 0 Å². The molecule has 0 saturated carbocycles. The van der Waals surface area contributed by atoms with Gasteiger partial charge in [0.25, 0.3) is 0 Å². The van der Waals surface area contributed by atoms with E-state index in [2.05, 4.69) is 6.58 Å². The molecule has 2 N–H and O–H groups in total. The molecule has 0 saturated heterocycles. The summed E-state index contributed by atoms with van der Waals surface area (Å²) in [6, 6.07) is 0. The van der Waals surface area contributed by atoms with E-state index < -0.39 is 6.10 Å². The van der Waals surface area contributed by atoms with Crippen molar-refractivity contribution in [3.8, 4) is 0 Å². The van der Waals surface area contributed by atoms with E-state index >= 15 is 0 Å². The molecule has 0 aromatic rings. The fourth-order valence-corrected chi connectivity index (χ4v) is 0.707. The van der Waals surface area contributed by atoms with E-state index in [0.717, 1.165) is 12.8 Å². The Kier molecular flexibility index (Phi) is 4.14. The topological polar surface area (TPSA) is 40.5 Å². The molecule has 0 aromatic carbocycles. The second-order valence-corrected chi connectivity index (χ2v) is 2.21. The molecule has 0 aliphatic heterocycles. The largest absolute Gasteiger partial charge is 0.513 e. The molecule has 1 unspecified atom stereocenters. The Morgan fingerprint density at radius 1 is 1.67 bits per heavy atom. The molecule has 0 aliphatic carbocycles. The highest BCUT2D eigenvalue weighted by molar-refractivity contribution is 4.81. The molecule has 2 heteroatoms. The van der Waals surface area contributed by atoms with Gasteiger partial charge < -0.3 is 10.2 Å². The minimum absolute atomic E-state index is 0.0657. The Morgan fingerprint density at radius 3 is 2.56 bits per heavy atom. The van der Waals surface area contributed by atoms with Gasteiger partial charge in [-0.05, 0) is 6.42 Å². The van der Waals surface area contributed by atoms with Gasteiger partial charge in [-0.25, -0.2) is 0 Å². The fraction of sp³-hybridized carbons (Fsp3) is 0.714. The molecule has 0 fully saturated rings. The predicted octanol–water partition coefficient (Wildman–Crippen LogP) is 1.61. The van der Waals surface area contributed by atoms with Crippen LogP contribution in [0.1, 0.15) is 26.2 Å². The summed E-state index contributed by atoms with van der Waals surface area (Å²) in [5.41, 5.74) is 0. The van der Waals surface area contributed by atoms with E-state index in [1.54, 1.807) is 0 Å². The molecule has 0 bridgehead atoms. The highest BCUT2D eigenvalue weighted by Gasteiger charge is 2.02. The monoisotopic (exact) mass is 130 g/mol. The van der Waals surface area contributed by atoms with Crippen molar-refractivity contribution in [3.63, 3.8) is 0 Å². The van der Waals surface area contributed by atoms with Crippen LogP contribution in [0.4, 0.5) is 0 Å². The standard InChI is InChI=1S/C7H14O2/c1-3-4-7(9)5-6(2)8/h7-9H,2-5H2,1H3. The van der Waals surface area contributed by atoms with Gasteiger partial charge in [0.2, 0.25) is 0 Å². The molecule has 0 heterocycles. The van der Waals surface area contributed by atoms with Crippen LogP contribution < -0.4 is 0 Å². The van der Waals surface area contributed by atoms with Gasteiger partial charge >= 0.3 is 0 Å². The summed E-state index contributed by atoms with van der Waals surface area (Å²) in [7, 11) is 0. The van der Waals surface area contributed by atoms with Gasteiger partial charge in [-0.15, -0.1) is 0 Å². The van der Waals surface area contributed by atoms with Gasteiger partial charge in [-0.1, -0.05) is 19.9 Å². The van der Waals surface area contributed by atoms with Crippen molar-refractivity contribution in [2.45, 2.75) is 32.3 Å². The molecule has 0 amide bonds. The summed E-state index contributed by atoms with van der Waals surface area (Å²) >= 11 is 0. The molecule has 0 rings (SSSR count). The number of hydrogen-bond acceptors (Lipinski definition) is 2. The second kappa shape index (κ2) is 4.39. The number of rotatable bonds is 4. The SMILES string of the molecule is C=C(O)CC(O)CCC. The third-order valence-corrected chi connectivity index (χ3v) is 1.09. The lowest BCUT2D eigenvalue weighted by molar-refractivity contribution is 0.148. The Labute approximate surface area is 55.8 Å². The van der Waals surface area contributed by atoms with Gasteiger partial charge in [0.1, 0.15) is 0 Å². The van der Waals surface area contributed by atoms with Crippen LogP contribution in [0.3, 0.4) is 0 Å². The van der Waals surface area contributed by atoms with Gasteiger partial charge in [-0.2, -0.15) is 0 Å². The van der Waals surface area contributed by atoms with Crippen molar-refractivity contribution in [3.05, 3.63) is 12.3 Å². The molecule has 0 aliphatic rings. The third kappa shape index (κ3) is 5.37. The first-order valence-corrected chi connectivity index (χ1v) is 3.21. The maximum atomic E-state index is 9.00. The van der Waals surface area contributed by atoms with Crippen molar-refractivity contribution in [2.75, 3.05) is 0 Å². The smallest absolute Gasteiger partial charge is 0.0876 e. The van der Waals surface area contributed by atoms with Crippen LogP contribution in [0.2, 0.25) is 0 Å². The van der Waals surface area contributed by atoms with Crippen molar-refractivity contribution >= 4 is 0 Å². The Morgan fingerprint density at radius 2 is 2.22 bits per heavy atom. The summed E-state index contributed by atoms with van der Waals surface area (Å²) in [6.45, 7) is 5.26. The minimum atomic E-state index is -0.410. The van der Waals surface area contributed by atoms with Crippen molar-refractivity contribution < 1.29 is 10.2 Å². The molecule has 1 atom stereocenters. The molecular formula is C7H14O2. The van der Waals surface area contributed by atoms with E-state index in [4.69, 9.17) is 10.2 Å². The van der Waals surface area contributed by atoms with E-state index in [1.165, 1.54) is 0 Å². The molecule has 54 valence electrons. The van der Waals surface area contributed by atoms with Crippen molar-refractivity contribution in [1.82, 2.24) is 0 Å². The maximum Gasteiger partial charge on any atom is 0.0876 e. The molecule has 9 heavy (non-hydrogen) atoms. The molecular weight excluding hydrogens is 116 g/mol. The van der Waals surface area contributed by atoms with Crippen molar-refractivity contribution in [1.29, 1.82) is 0 Å². The Bertz CT molecular complexity index is 88.9. The van der Waals surface area contributed by atoms with E-state index in [1.807, 2.05) is 6.92 Å². The number of aliphatic hydroxyl groups is 2. The van der Waals surface area contributed by atoms with E-state index in [9.17, 15) is 0 Å². The number of aliphatic hydroxyl groups excluding tert-OH is 2. The normalized spacial score (nSPS) is 13.1. The summed E-state index contributed by atoms with van der Waals surface area (Å²) in [4.78, 5) is 0. The van der Waals surface area contributed by atoms with E-state index in [0.29, 0.717) is 6.42 Å². The molecule has 0 spiro atoms. The first-order valence-electron chi connectivity index (χ1n) is 3.21. The average Bonchev–Trinajstić information content (AvgIpc) is 1.63. The first kappa shape index (κ1) is 8.50. The average molecular weight is 130 g/mol. The Balaban J connectivity index is 3.26. The van der Waals surface area contributed by atoms with Gasteiger partial charge in [-0.3, -0.25) is 0 Å². The zero-order valence-corrected chi connectivity index (χ0v) is 5.80. The minimum Gasteiger partial charge on any atom is -0.513 e. The zero-order chi connectivity index (χ0) is 7.28. The van der Waals surface area contributed by atoms with Crippen LogP contribution in [0.5, 0.6) is 0 Å². The van der Waals surface area contributed by atoms with Crippen LogP contribution in [0.25, 0.3) is 0 Å². The van der Waals surface area contributed by atoms with Crippen LogP contribution in [0, 0.1) is 0 Å². The third-order valence-electron chi connectivity index (χ3n) is 1.09. The van der Waals surface area contributed by atoms with E-state index in [-0.39, 0.29) is 5.76 Å². The quantitative estimate of drug-likeness (QED) is 0.567. The van der Waals surface area contributed by atoms with Gasteiger partial charge in [0, 0.05) is 6.42 Å². The van der Waals surface area contributed by atoms with Gasteiger partial charge in [0.05, 0.1) is 11.9 Å². The predicted molar refractivity (Wildman–Crippen MR) is 37.3 cm³/mol. The zero-order valence-electron chi connectivity index (χ0n) is 5.80. The summed E-state index contributed by atoms with van der Waals surface area (Å²) < 4.78 is 0. The lowest BCUT2D eigenvalue weighted by Gasteiger charge is -2.05. The van der Waals surface area contributed by atoms with Gasteiger partial charge in [0.15, 0.2) is 0 Å². The summed E-state index contributed by atoms with van der Waals surface area (Å²) in [5.74, 6) is 0.0657. The number of hydrogen-bond donors (Lipinski definition) is 2. The Hall–Kier alpha value is -0.500.